The van der Waals surface area contributed by atoms with Crippen molar-refractivity contribution in [3.63, 3.8) is 0 Å². The molecule has 192 valence electrons. The third-order valence-electron chi connectivity index (χ3n) is 6.13. The minimum absolute atomic E-state index is 0.216. The van der Waals surface area contributed by atoms with Gasteiger partial charge in [-0.15, -0.1) is 0 Å². The first-order valence-electron chi connectivity index (χ1n) is 13.8. The van der Waals surface area contributed by atoms with Crippen molar-refractivity contribution in [2.24, 2.45) is 0 Å². The molecule has 0 saturated carbocycles. The van der Waals surface area contributed by atoms with Crippen molar-refractivity contribution in [3.05, 3.63) is 0 Å². The highest BCUT2D eigenvalue weighted by molar-refractivity contribution is 5.66. The van der Waals surface area contributed by atoms with Crippen molar-refractivity contribution in [3.8, 4) is 0 Å². The molecule has 0 fully saturated rings. The van der Waals surface area contributed by atoms with Crippen molar-refractivity contribution in [2.45, 2.75) is 141 Å². The van der Waals surface area contributed by atoms with Crippen LogP contribution in [0.5, 0.6) is 0 Å². The summed E-state index contributed by atoms with van der Waals surface area (Å²) in [6, 6.07) is 0. The monoisotopic (exact) mass is 457 g/mol. The second-order valence-corrected chi connectivity index (χ2v) is 9.25. The molecule has 1 atom stereocenters. The summed E-state index contributed by atoms with van der Waals surface area (Å²) >= 11 is 0. The molecule has 0 aliphatic carbocycles. The number of rotatable bonds is 25. The zero-order chi connectivity index (χ0) is 23.5. The summed E-state index contributed by atoms with van der Waals surface area (Å²) in [4.78, 5) is 11.1. The van der Waals surface area contributed by atoms with E-state index in [1.165, 1.54) is 129 Å². The molecule has 0 aromatic rings. The molecular formula is C27H55NO4. The van der Waals surface area contributed by atoms with Crippen molar-refractivity contribution in [1.29, 1.82) is 0 Å². The third-order valence-corrected chi connectivity index (χ3v) is 6.13. The van der Waals surface area contributed by atoms with Gasteiger partial charge in [0.25, 0.3) is 0 Å². The van der Waals surface area contributed by atoms with Crippen LogP contribution in [0.4, 0.5) is 4.79 Å². The van der Waals surface area contributed by atoms with Gasteiger partial charge in [0.15, 0.2) is 0 Å². The van der Waals surface area contributed by atoms with Gasteiger partial charge >= 0.3 is 6.09 Å². The second-order valence-electron chi connectivity index (χ2n) is 9.25. The number of aliphatic hydroxyl groups excluding tert-OH is 1. The fourth-order valence-electron chi connectivity index (χ4n) is 4.01. The minimum atomic E-state index is -0.583. The Labute approximate surface area is 199 Å². The smallest absolute Gasteiger partial charge is 0.407 e. The molecule has 0 aliphatic rings. The summed E-state index contributed by atoms with van der Waals surface area (Å²) in [5, 5.41) is 11.5. The highest BCUT2D eigenvalue weighted by Crippen LogP contribution is 2.14. The maximum Gasteiger partial charge on any atom is 0.407 e. The van der Waals surface area contributed by atoms with Crippen molar-refractivity contribution >= 4 is 6.09 Å². The lowest BCUT2D eigenvalue weighted by molar-refractivity contribution is -0.00703. The Kier molecular flexibility index (Phi) is 25.8. The summed E-state index contributed by atoms with van der Waals surface area (Å²) < 4.78 is 10.5. The van der Waals surface area contributed by atoms with Crippen LogP contribution >= 0.6 is 0 Å². The van der Waals surface area contributed by atoms with E-state index in [0.29, 0.717) is 6.61 Å². The molecule has 1 amide bonds. The molecule has 0 bridgehead atoms. The average Bonchev–Trinajstić information content (AvgIpc) is 2.81. The van der Waals surface area contributed by atoms with Crippen LogP contribution in [0, 0.1) is 0 Å². The van der Waals surface area contributed by atoms with Gasteiger partial charge in [0.1, 0.15) is 6.10 Å². The van der Waals surface area contributed by atoms with Crippen molar-refractivity contribution < 1.29 is 19.4 Å². The fourth-order valence-corrected chi connectivity index (χ4v) is 4.01. The van der Waals surface area contributed by atoms with Gasteiger partial charge in [-0.2, -0.15) is 0 Å². The van der Waals surface area contributed by atoms with E-state index in [1.54, 1.807) is 0 Å². The Morgan fingerprint density at radius 2 is 1.06 bits per heavy atom. The maximum atomic E-state index is 11.1. The summed E-state index contributed by atoms with van der Waals surface area (Å²) in [7, 11) is 1.50. The molecular weight excluding hydrogens is 402 g/mol. The van der Waals surface area contributed by atoms with Crippen LogP contribution in [0.2, 0.25) is 0 Å². The number of unbranched alkanes of at least 4 members (excludes halogenated alkanes) is 19. The van der Waals surface area contributed by atoms with Gasteiger partial charge in [-0.1, -0.05) is 129 Å². The predicted octanol–water partition coefficient (Wildman–Crippen LogP) is 7.54. The van der Waals surface area contributed by atoms with E-state index in [9.17, 15) is 4.79 Å². The number of ether oxygens (including phenoxy) is 2. The first kappa shape index (κ1) is 31.2. The lowest BCUT2D eigenvalue weighted by Crippen LogP contribution is -2.31. The topological polar surface area (TPSA) is 67.8 Å². The molecule has 32 heavy (non-hydrogen) atoms. The van der Waals surface area contributed by atoms with E-state index in [4.69, 9.17) is 14.6 Å². The lowest BCUT2D eigenvalue weighted by Gasteiger charge is -2.15. The van der Waals surface area contributed by atoms with Crippen LogP contribution in [0.25, 0.3) is 0 Å². The Bertz CT molecular complexity index is 379. The van der Waals surface area contributed by atoms with Gasteiger partial charge in [-0.05, 0) is 6.42 Å². The number of alkyl carbamates (subject to hydrolysis) is 1. The third kappa shape index (κ3) is 23.8. The van der Waals surface area contributed by atoms with E-state index in [0.717, 1.165) is 6.42 Å². The van der Waals surface area contributed by atoms with E-state index in [1.807, 2.05) is 0 Å². The van der Waals surface area contributed by atoms with Gasteiger partial charge in [0.2, 0.25) is 0 Å². The van der Waals surface area contributed by atoms with E-state index in [2.05, 4.69) is 12.2 Å². The number of carbonyl (C=O) groups excluding carboxylic acids is 1. The van der Waals surface area contributed by atoms with Crippen LogP contribution in [0.3, 0.4) is 0 Å². The van der Waals surface area contributed by atoms with Gasteiger partial charge < -0.3 is 19.9 Å². The van der Waals surface area contributed by atoms with E-state index < -0.39 is 12.2 Å². The molecule has 5 heteroatoms. The second kappa shape index (κ2) is 26.4. The highest BCUT2D eigenvalue weighted by Gasteiger charge is 2.12. The van der Waals surface area contributed by atoms with Crippen LogP contribution in [-0.2, 0) is 9.47 Å². The molecule has 0 radical (unpaired) electrons. The summed E-state index contributed by atoms with van der Waals surface area (Å²) in [6.07, 6.45) is 26.4. The van der Waals surface area contributed by atoms with E-state index >= 15 is 0 Å². The van der Waals surface area contributed by atoms with E-state index in [-0.39, 0.29) is 13.2 Å². The SMILES string of the molecule is CCCCCCCCCCCCCCCCCCCCCCOC[C@H](CO)OC(=O)NC. The highest BCUT2D eigenvalue weighted by atomic mass is 16.6. The molecule has 0 aliphatic heterocycles. The van der Waals surface area contributed by atoms with Crippen molar-refractivity contribution in [1.82, 2.24) is 5.32 Å². The largest absolute Gasteiger partial charge is 0.441 e. The quantitative estimate of drug-likeness (QED) is 0.139. The van der Waals surface area contributed by atoms with Crippen molar-refractivity contribution in [2.75, 3.05) is 26.9 Å². The zero-order valence-electron chi connectivity index (χ0n) is 21.5. The number of hydrogen-bond acceptors (Lipinski definition) is 4. The Hall–Kier alpha value is -0.810. The van der Waals surface area contributed by atoms with Gasteiger partial charge in [-0.3, -0.25) is 0 Å². The summed E-state index contributed by atoms with van der Waals surface area (Å²) in [6.45, 7) is 2.98. The van der Waals surface area contributed by atoms with Gasteiger partial charge in [0, 0.05) is 13.7 Å². The molecule has 0 unspecified atom stereocenters. The van der Waals surface area contributed by atoms with Crippen LogP contribution < -0.4 is 5.32 Å². The number of carbonyl (C=O) groups is 1. The fraction of sp³-hybridized carbons (Fsp3) is 0.963. The first-order chi connectivity index (χ1) is 15.7. The number of hydrogen-bond donors (Lipinski definition) is 2. The zero-order valence-corrected chi connectivity index (χ0v) is 21.5. The predicted molar refractivity (Wildman–Crippen MR) is 135 cm³/mol. The summed E-state index contributed by atoms with van der Waals surface area (Å²) in [5.41, 5.74) is 0. The van der Waals surface area contributed by atoms with Gasteiger partial charge in [-0.25, -0.2) is 4.79 Å². The van der Waals surface area contributed by atoms with Crippen LogP contribution in [0.15, 0.2) is 0 Å². The number of amides is 1. The maximum absolute atomic E-state index is 11.1. The number of nitrogens with one attached hydrogen (secondary N) is 1. The average molecular weight is 458 g/mol. The Morgan fingerprint density at radius 1 is 0.688 bits per heavy atom. The molecule has 0 aromatic heterocycles. The molecule has 0 rings (SSSR count). The van der Waals surface area contributed by atoms with Crippen LogP contribution in [-0.4, -0.2) is 44.2 Å². The molecule has 5 nitrogen and oxygen atoms in total. The summed E-state index contributed by atoms with van der Waals surface area (Å²) in [5.74, 6) is 0. The first-order valence-corrected chi connectivity index (χ1v) is 13.8. The molecule has 0 aromatic carbocycles. The van der Waals surface area contributed by atoms with Gasteiger partial charge in [0.05, 0.1) is 13.2 Å². The molecule has 0 saturated heterocycles. The standard InChI is InChI=1S/C27H55NO4/c1-3-4-5-6-7-8-9-10-11-12-13-14-15-16-17-18-19-20-21-22-23-31-25-26(24-29)32-27(30)28-2/h26,29H,3-25H2,1-2H3,(H,28,30)/t26-/m0/s1. The molecule has 2 N–H and O–H groups in total. The minimum Gasteiger partial charge on any atom is -0.441 e. The molecule has 0 spiro atoms. The van der Waals surface area contributed by atoms with Crippen LogP contribution in [0.1, 0.15) is 135 Å². The number of aliphatic hydroxyl groups is 1. The Balaban J connectivity index is 3.15. The normalized spacial score (nSPS) is 12.1. The Morgan fingerprint density at radius 3 is 1.41 bits per heavy atom. The molecule has 0 heterocycles. The lowest BCUT2D eigenvalue weighted by atomic mass is 10.0.